The Labute approximate surface area is 146 Å². The molecule has 0 aliphatic rings. The van der Waals surface area contributed by atoms with Crippen LogP contribution in [0.15, 0.2) is 65.5 Å². The van der Waals surface area contributed by atoms with Crippen LogP contribution in [-0.2, 0) is 0 Å². The number of carbonyl (C=O) groups excluding carboxylic acids is 1. The summed E-state index contributed by atoms with van der Waals surface area (Å²) < 4.78 is 7.14. The summed E-state index contributed by atoms with van der Waals surface area (Å²) in [7, 11) is 3.88. The van der Waals surface area contributed by atoms with Crippen LogP contribution >= 0.6 is 0 Å². The van der Waals surface area contributed by atoms with E-state index in [1.54, 1.807) is 23.3 Å². The number of para-hydroxylation sites is 1. The zero-order chi connectivity index (χ0) is 17.6. The summed E-state index contributed by atoms with van der Waals surface area (Å²) in [6.07, 6.45) is 5.01. The molecule has 0 saturated carbocycles. The van der Waals surface area contributed by atoms with Crippen LogP contribution in [0.5, 0.6) is 0 Å². The highest BCUT2D eigenvalue weighted by Gasteiger charge is 2.18. The van der Waals surface area contributed by atoms with Crippen molar-refractivity contribution in [2.24, 2.45) is 0 Å². The second-order valence-electron chi connectivity index (χ2n) is 5.84. The molecule has 3 aromatic rings. The lowest BCUT2D eigenvalue weighted by Crippen LogP contribution is -2.36. The van der Waals surface area contributed by atoms with E-state index in [0.29, 0.717) is 12.2 Å². The van der Waals surface area contributed by atoms with Crippen LogP contribution < -0.4 is 10.6 Å². The highest BCUT2D eigenvalue weighted by atomic mass is 16.3. The van der Waals surface area contributed by atoms with Gasteiger partial charge in [0.25, 0.3) is 0 Å². The van der Waals surface area contributed by atoms with Crippen molar-refractivity contribution < 1.29 is 9.21 Å². The van der Waals surface area contributed by atoms with Crippen LogP contribution in [-0.4, -0.2) is 41.4 Å². The molecule has 2 N–H and O–H groups in total. The van der Waals surface area contributed by atoms with E-state index in [1.807, 2.05) is 61.5 Å². The van der Waals surface area contributed by atoms with Crippen LogP contribution in [0, 0.1) is 0 Å². The molecule has 1 atom stereocenters. The second-order valence-corrected chi connectivity index (χ2v) is 5.84. The standard InChI is InChI=1S/C18H21N5O2/c1-22(2)16(17-9-6-10-25-17)12-19-18(24)21-14-11-20-23(13-14)15-7-4-3-5-8-15/h3-11,13,16H,12H2,1-2H3,(H2,19,21,24). The van der Waals surface area contributed by atoms with E-state index in [-0.39, 0.29) is 12.1 Å². The lowest BCUT2D eigenvalue weighted by molar-refractivity contribution is 0.233. The van der Waals surface area contributed by atoms with Crippen molar-refractivity contribution in [3.63, 3.8) is 0 Å². The second kappa shape index (κ2) is 7.67. The molecule has 1 aromatic carbocycles. The highest BCUT2D eigenvalue weighted by Crippen LogP contribution is 2.17. The van der Waals surface area contributed by atoms with Gasteiger partial charge in [-0.15, -0.1) is 0 Å². The minimum atomic E-state index is -0.286. The maximum absolute atomic E-state index is 12.1. The Morgan fingerprint density at radius 2 is 2.04 bits per heavy atom. The molecular formula is C18H21N5O2. The molecule has 0 bridgehead atoms. The number of benzene rings is 1. The molecule has 0 aliphatic heterocycles. The number of urea groups is 1. The molecule has 0 radical (unpaired) electrons. The molecule has 7 nitrogen and oxygen atoms in total. The SMILES string of the molecule is CN(C)C(CNC(=O)Nc1cnn(-c2ccccc2)c1)c1ccco1. The van der Waals surface area contributed by atoms with E-state index in [4.69, 9.17) is 4.42 Å². The summed E-state index contributed by atoms with van der Waals surface area (Å²) in [5, 5.41) is 9.90. The summed E-state index contributed by atoms with van der Waals surface area (Å²) in [5.41, 5.74) is 1.56. The molecular weight excluding hydrogens is 318 g/mol. The fourth-order valence-electron chi connectivity index (χ4n) is 2.49. The Morgan fingerprint density at radius 1 is 1.24 bits per heavy atom. The van der Waals surface area contributed by atoms with Gasteiger partial charge in [-0.25, -0.2) is 9.48 Å². The van der Waals surface area contributed by atoms with Gasteiger partial charge in [-0.2, -0.15) is 5.10 Å². The van der Waals surface area contributed by atoms with Crippen LogP contribution in [0.1, 0.15) is 11.8 Å². The maximum atomic E-state index is 12.1. The number of anilines is 1. The number of carbonyl (C=O) groups is 1. The zero-order valence-corrected chi connectivity index (χ0v) is 14.2. The molecule has 7 heteroatoms. The average molecular weight is 339 g/mol. The van der Waals surface area contributed by atoms with Gasteiger partial charge in [-0.1, -0.05) is 18.2 Å². The third-order valence-electron chi connectivity index (χ3n) is 3.81. The van der Waals surface area contributed by atoms with Gasteiger partial charge < -0.3 is 15.1 Å². The van der Waals surface area contributed by atoms with Crippen LogP contribution in [0.4, 0.5) is 10.5 Å². The minimum absolute atomic E-state index is 0.0345. The van der Waals surface area contributed by atoms with Gasteiger partial charge in [-0.05, 0) is 38.4 Å². The Morgan fingerprint density at radius 3 is 2.72 bits per heavy atom. The molecule has 0 saturated heterocycles. The van der Waals surface area contributed by atoms with E-state index < -0.39 is 0 Å². The molecule has 130 valence electrons. The highest BCUT2D eigenvalue weighted by molar-refractivity contribution is 5.88. The predicted molar refractivity (Wildman–Crippen MR) is 95.7 cm³/mol. The first kappa shape index (κ1) is 16.8. The van der Waals surface area contributed by atoms with Gasteiger partial charge in [-0.3, -0.25) is 4.90 Å². The number of hydrogen-bond donors (Lipinski definition) is 2. The third kappa shape index (κ3) is 4.27. The summed E-state index contributed by atoms with van der Waals surface area (Å²) in [6.45, 7) is 0.430. The summed E-state index contributed by atoms with van der Waals surface area (Å²) >= 11 is 0. The number of aromatic nitrogens is 2. The van der Waals surface area contributed by atoms with Gasteiger partial charge in [0.2, 0.25) is 0 Å². The molecule has 0 aliphatic carbocycles. The van der Waals surface area contributed by atoms with E-state index in [1.165, 1.54) is 0 Å². The van der Waals surface area contributed by atoms with E-state index in [0.717, 1.165) is 11.4 Å². The Bertz CT molecular complexity index is 796. The first-order chi connectivity index (χ1) is 12.1. The fourth-order valence-corrected chi connectivity index (χ4v) is 2.49. The molecule has 0 spiro atoms. The van der Waals surface area contributed by atoms with Gasteiger partial charge in [0, 0.05) is 6.54 Å². The molecule has 2 heterocycles. The molecule has 2 amide bonds. The Balaban J connectivity index is 1.57. The predicted octanol–water partition coefficient (Wildman–Crippen LogP) is 2.89. The summed E-state index contributed by atoms with van der Waals surface area (Å²) in [6, 6.07) is 13.1. The number of amides is 2. The zero-order valence-electron chi connectivity index (χ0n) is 14.2. The van der Waals surface area contributed by atoms with Crippen molar-refractivity contribution >= 4 is 11.7 Å². The van der Waals surface area contributed by atoms with Crippen molar-refractivity contribution in [2.75, 3.05) is 26.0 Å². The number of nitrogens with zero attached hydrogens (tertiary/aromatic N) is 3. The Kier molecular flexibility index (Phi) is 5.15. The largest absolute Gasteiger partial charge is 0.468 e. The van der Waals surface area contributed by atoms with Gasteiger partial charge >= 0.3 is 6.03 Å². The van der Waals surface area contributed by atoms with Gasteiger partial charge in [0.15, 0.2) is 0 Å². The fraction of sp³-hybridized carbons (Fsp3) is 0.222. The number of nitrogens with one attached hydrogen (secondary N) is 2. The van der Waals surface area contributed by atoms with Crippen LogP contribution in [0.2, 0.25) is 0 Å². The topological polar surface area (TPSA) is 75.3 Å². The summed E-state index contributed by atoms with van der Waals surface area (Å²) in [5.74, 6) is 0.808. The number of hydrogen-bond acceptors (Lipinski definition) is 4. The van der Waals surface area contributed by atoms with Crippen molar-refractivity contribution in [1.29, 1.82) is 0 Å². The van der Waals surface area contributed by atoms with Crippen molar-refractivity contribution in [1.82, 2.24) is 20.0 Å². The first-order valence-corrected chi connectivity index (χ1v) is 7.98. The number of rotatable bonds is 6. The van der Waals surface area contributed by atoms with Gasteiger partial charge in [0.05, 0.1) is 36.1 Å². The van der Waals surface area contributed by atoms with Crippen molar-refractivity contribution in [3.05, 3.63) is 66.9 Å². The molecule has 2 aromatic heterocycles. The van der Waals surface area contributed by atoms with Crippen molar-refractivity contribution in [2.45, 2.75) is 6.04 Å². The first-order valence-electron chi connectivity index (χ1n) is 7.98. The number of furan rings is 1. The van der Waals surface area contributed by atoms with E-state index in [9.17, 15) is 4.79 Å². The maximum Gasteiger partial charge on any atom is 0.319 e. The summed E-state index contributed by atoms with van der Waals surface area (Å²) in [4.78, 5) is 14.1. The van der Waals surface area contributed by atoms with Crippen molar-refractivity contribution in [3.8, 4) is 5.69 Å². The lowest BCUT2D eigenvalue weighted by atomic mass is 10.2. The smallest absolute Gasteiger partial charge is 0.319 e. The van der Waals surface area contributed by atoms with E-state index >= 15 is 0 Å². The lowest BCUT2D eigenvalue weighted by Gasteiger charge is -2.22. The number of likely N-dealkylation sites (N-methyl/N-ethyl adjacent to an activating group) is 1. The molecule has 1 unspecified atom stereocenters. The monoisotopic (exact) mass is 339 g/mol. The third-order valence-corrected chi connectivity index (χ3v) is 3.81. The van der Waals surface area contributed by atoms with Crippen LogP contribution in [0.25, 0.3) is 5.69 Å². The molecule has 3 rings (SSSR count). The minimum Gasteiger partial charge on any atom is -0.468 e. The van der Waals surface area contributed by atoms with Gasteiger partial charge in [0.1, 0.15) is 5.76 Å². The average Bonchev–Trinajstić information content (AvgIpc) is 3.28. The Hall–Kier alpha value is -3.06. The molecule has 25 heavy (non-hydrogen) atoms. The van der Waals surface area contributed by atoms with Crippen LogP contribution in [0.3, 0.4) is 0 Å². The quantitative estimate of drug-likeness (QED) is 0.724. The van der Waals surface area contributed by atoms with E-state index in [2.05, 4.69) is 15.7 Å². The normalized spacial score (nSPS) is 12.1. The molecule has 0 fully saturated rings.